The number of hydrogen-bond acceptors (Lipinski definition) is 1. The SMILES string of the molecule is CC.CCc1cc(C(C)(C)C)cc(C(C)(C)C)c1O.Cc1ccccc1.Cc1ccccc1C. The molecule has 0 spiro atoms. The fraction of sp³-hybridized carbons (Fsp3) is 0.455. The first kappa shape index (κ1) is 31.5. The summed E-state index contributed by atoms with van der Waals surface area (Å²) in [6.45, 7) is 25.5. The summed E-state index contributed by atoms with van der Waals surface area (Å²) >= 11 is 0. The summed E-state index contributed by atoms with van der Waals surface area (Å²) in [6, 6.07) is 22.9. The standard InChI is InChI=1S/C16H26O.C8H10.C7H8.C2H6/c1-8-11-9-12(15(2,3)4)10-13(14(11)17)16(5,6)7;1-7-5-3-4-6-8(7)2;1-7-5-3-2-4-6-7;1-2/h9-10,17H,8H2,1-7H3;3-6H,1-2H3;2-6H,1H3;1-2H3. The molecule has 1 N–H and O–H groups in total. The molecule has 3 aromatic carbocycles. The van der Waals surface area contributed by atoms with E-state index >= 15 is 0 Å². The van der Waals surface area contributed by atoms with Crippen LogP contribution >= 0.6 is 0 Å². The van der Waals surface area contributed by atoms with Gasteiger partial charge in [-0.25, -0.2) is 0 Å². The Balaban J connectivity index is 0.000000527. The molecule has 0 atom stereocenters. The predicted molar refractivity (Wildman–Crippen MR) is 153 cm³/mol. The molecule has 0 aromatic heterocycles. The van der Waals surface area contributed by atoms with E-state index in [0.717, 1.165) is 17.5 Å². The summed E-state index contributed by atoms with van der Waals surface area (Å²) in [4.78, 5) is 0. The second-order valence-corrected chi connectivity index (χ2v) is 10.6. The lowest BCUT2D eigenvalue weighted by Gasteiger charge is -2.27. The molecule has 3 rings (SSSR count). The monoisotopic (exact) mass is 462 g/mol. The van der Waals surface area contributed by atoms with Crippen molar-refractivity contribution >= 4 is 0 Å². The maximum absolute atomic E-state index is 10.3. The molecule has 1 heteroatoms. The van der Waals surface area contributed by atoms with Crippen LogP contribution in [0.25, 0.3) is 0 Å². The predicted octanol–water partition coefficient (Wildman–Crippen LogP) is 9.87. The third-order valence-corrected chi connectivity index (χ3v) is 5.61. The molecular formula is C33H50O. The van der Waals surface area contributed by atoms with E-state index in [1.54, 1.807) is 0 Å². The van der Waals surface area contributed by atoms with Crippen molar-refractivity contribution in [3.8, 4) is 5.75 Å². The van der Waals surface area contributed by atoms with Crippen LogP contribution in [0.1, 0.15) is 95.7 Å². The van der Waals surface area contributed by atoms with E-state index in [4.69, 9.17) is 0 Å². The number of phenols is 1. The van der Waals surface area contributed by atoms with E-state index in [1.807, 2.05) is 32.0 Å². The first-order valence-corrected chi connectivity index (χ1v) is 12.7. The summed E-state index contributed by atoms with van der Waals surface area (Å²) in [5.41, 5.74) is 7.58. The Morgan fingerprint density at radius 1 is 0.647 bits per heavy atom. The highest BCUT2D eigenvalue weighted by molar-refractivity contribution is 5.48. The van der Waals surface area contributed by atoms with Crippen molar-refractivity contribution in [2.45, 2.75) is 100 Å². The Kier molecular flexibility index (Phi) is 13.6. The lowest BCUT2D eigenvalue weighted by atomic mass is 9.78. The molecule has 1 nitrogen and oxygen atoms in total. The lowest BCUT2D eigenvalue weighted by molar-refractivity contribution is 0.438. The quantitative estimate of drug-likeness (QED) is 0.381. The van der Waals surface area contributed by atoms with Crippen molar-refractivity contribution in [3.05, 3.63) is 100 Å². The van der Waals surface area contributed by atoms with Crippen LogP contribution in [-0.2, 0) is 17.3 Å². The molecule has 188 valence electrons. The minimum Gasteiger partial charge on any atom is -0.507 e. The number of rotatable bonds is 1. The number of hydrogen-bond donors (Lipinski definition) is 1. The van der Waals surface area contributed by atoms with Gasteiger partial charge in [-0.15, -0.1) is 0 Å². The molecule has 3 aromatic rings. The third-order valence-electron chi connectivity index (χ3n) is 5.61. The van der Waals surface area contributed by atoms with E-state index in [2.05, 4.69) is 118 Å². The summed E-state index contributed by atoms with van der Waals surface area (Å²) in [6.07, 6.45) is 0.874. The highest BCUT2D eigenvalue weighted by atomic mass is 16.3. The van der Waals surface area contributed by atoms with Crippen LogP contribution in [-0.4, -0.2) is 5.11 Å². The molecule has 0 unspecified atom stereocenters. The molecule has 0 aliphatic heterocycles. The minimum absolute atomic E-state index is 0.0186. The van der Waals surface area contributed by atoms with Crippen molar-refractivity contribution in [2.75, 3.05) is 0 Å². The second kappa shape index (κ2) is 14.7. The lowest BCUT2D eigenvalue weighted by Crippen LogP contribution is -2.17. The van der Waals surface area contributed by atoms with Gasteiger partial charge in [0.1, 0.15) is 5.75 Å². The number of aromatic hydroxyl groups is 1. The van der Waals surface area contributed by atoms with E-state index in [0.29, 0.717) is 5.75 Å². The zero-order chi connectivity index (χ0) is 26.5. The number of benzene rings is 3. The Morgan fingerprint density at radius 3 is 1.38 bits per heavy atom. The van der Waals surface area contributed by atoms with E-state index in [-0.39, 0.29) is 10.8 Å². The van der Waals surface area contributed by atoms with Gasteiger partial charge in [-0.1, -0.05) is 135 Å². The zero-order valence-corrected chi connectivity index (χ0v) is 24.0. The van der Waals surface area contributed by atoms with Gasteiger partial charge in [0.2, 0.25) is 0 Å². The van der Waals surface area contributed by atoms with Gasteiger partial charge in [-0.2, -0.15) is 0 Å². The van der Waals surface area contributed by atoms with Crippen molar-refractivity contribution in [3.63, 3.8) is 0 Å². The molecule has 0 amide bonds. The first-order valence-electron chi connectivity index (χ1n) is 12.7. The van der Waals surface area contributed by atoms with E-state index < -0.39 is 0 Å². The minimum atomic E-state index is -0.0186. The van der Waals surface area contributed by atoms with Gasteiger partial charge in [-0.05, 0) is 65.8 Å². The maximum Gasteiger partial charge on any atom is 0.122 e. The fourth-order valence-corrected chi connectivity index (χ4v) is 3.17. The molecule has 0 heterocycles. The molecule has 0 aliphatic rings. The average Bonchev–Trinajstić information content (AvgIpc) is 2.77. The van der Waals surface area contributed by atoms with Crippen molar-refractivity contribution in [1.82, 2.24) is 0 Å². The molecule has 0 saturated carbocycles. The first-order chi connectivity index (χ1) is 15.8. The summed E-state index contributed by atoms with van der Waals surface area (Å²) < 4.78 is 0. The van der Waals surface area contributed by atoms with Crippen molar-refractivity contribution < 1.29 is 5.11 Å². The molecule has 34 heavy (non-hydrogen) atoms. The Morgan fingerprint density at radius 2 is 1.09 bits per heavy atom. The maximum atomic E-state index is 10.3. The van der Waals surface area contributed by atoms with Gasteiger partial charge < -0.3 is 5.11 Å². The van der Waals surface area contributed by atoms with E-state index in [9.17, 15) is 5.11 Å². The fourth-order valence-electron chi connectivity index (χ4n) is 3.17. The van der Waals surface area contributed by atoms with Crippen LogP contribution in [0.15, 0.2) is 66.7 Å². The highest BCUT2D eigenvalue weighted by Gasteiger charge is 2.24. The number of aryl methyl sites for hydroxylation is 4. The summed E-state index contributed by atoms with van der Waals surface area (Å²) in [5, 5.41) is 10.3. The van der Waals surface area contributed by atoms with E-state index in [1.165, 1.54) is 22.3 Å². The van der Waals surface area contributed by atoms with Gasteiger partial charge in [0.05, 0.1) is 0 Å². The van der Waals surface area contributed by atoms with Gasteiger partial charge >= 0.3 is 0 Å². The van der Waals surface area contributed by atoms with Gasteiger partial charge in [0, 0.05) is 0 Å². The summed E-state index contributed by atoms with van der Waals surface area (Å²) in [5.74, 6) is 0.480. The van der Waals surface area contributed by atoms with Crippen LogP contribution in [0.5, 0.6) is 5.75 Å². The normalized spacial score (nSPS) is 10.6. The van der Waals surface area contributed by atoms with Gasteiger partial charge in [-0.3, -0.25) is 0 Å². The van der Waals surface area contributed by atoms with Crippen LogP contribution in [0, 0.1) is 20.8 Å². The van der Waals surface area contributed by atoms with Crippen LogP contribution in [0.2, 0.25) is 0 Å². The van der Waals surface area contributed by atoms with Crippen molar-refractivity contribution in [1.29, 1.82) is 0 Å². The Labute approximate surface area is 211 Å². The second-order valence-electron chi connectivity index (χ2n) is 10.6. The van der Waals surface area contributed by atoms with Crippen molar-refractivity contribution in [2.24, 2.45) is 0 Å². The molecule has 0 aliphatic carbocycles. The molecular weight excluding hydrogens is 412 g/mol. The Bertz CT molecular complexity index is 933. The molecule has 0 bridgehead atoms. The number of phenolic OH excluding ortho intramolecular Hbond substituents is 1. The molecule has 0 saturated heterocycles. The van der Waals surface area contributed by atoms with Crippen LogP contribution in [0.3, 0.4) is 0 Å². The average molecular weight is 463 g/mol. The Hall–Kier alpha value is -2.54. The largest absolute Gasteiger partial charge is 0.507 e. The third kappa shape index (κ3) is 11.1. The molecule has 0 fully saturated rings. The van der Waals surface area contributed by atoms with Crippen LogP contribution < -0.4 is 0 Å². The molecule has 0 radical (unpaired) electrons. The smallest absolute Gasteiger partial charge is 0.122 e. The zero-order valence-electron chi connectivity index (χ0n) is 24.0. The van der Waals surface area contributed by atoms with Gasteiger partial charge in [0.15, 0.2) is 0 Å². The topological polar surface area (TPSA) is 20.2 Å². The van der Waals surface area contributed by atoms with Gasteiger partial charge in [0.25, 0.3) is 0 Å². The summed E-state index contributed by atoms with van der Waals surface area (Å²) in [7, 11) is 0. The highest BCUT2D eigenvalue weighted by Crippen LogP contribution is 2.37. The van der Waals surface area contributed by atoms with Crippen LogP contribution in [0.4, 0.5) is 0 Å².